The maximum absolute atomic E-state index is 13.5. The van der Waals surface area contributed by atoms with E-state index in [0.717, 1.165) is 19.8 Å². The maximum atomic E-state index is 13.5. The summed E-state index contributed by atoms with van der Waals surface area (Å²) in [6.45, 7) is 6.97. The van der Waals surface area contributed by atoms with E-state index in [1.807, 2.05) is 18.2 Å². The molecule has 0 saturated heterocycles. The van der Waals surface area contributed by atoms with Gasteiger partial charge in [-0.15, -0.1) is 0 Å². The molecule has 0 unspecified atom stereocenters. The van der Waals surface area contributed by atoms with Gasteiger partial charge in [0.1, 0.15) is 5.82 Å². The number of halogens is 2. The smallest absolute Gasteiger partial charge is 0.123 e. The Kier molecular flexibility index (Phi) is 5.47. The zero-order valence-electron chi connectivity index (χ0n) is 12.4. The maximum Gasteiger partial charge on any atom is 0.123 e. The van der Waals surface area contributed by atoms with Crippen LogP contribution in [0, 0.1) is 5.82 Å². The first-order valence-corrected chi connectivity index (χ1v) is 8.41. The minimum absolute atomic E-state index is 0.00582. The Morgan fingerprint density at radius 1 is 1.10 bits per heavy atom. The Balaban J connectivity index is 2.20. The van der Waals surface area contributed by atoms with Gasteiger partial charge < -0.3 is 5.32 Å². The zero-order valence-corrected chi connectivity index (χ0v) is 14.8. The summed E-state index contributed by atoms with van der Waals surface area (Å²) >= 11 is 5.09. The molecule has 0 aliphatic heterocycles. The zero-order chi connectivity index (χ0) is 15.5. The fraction of sp³-hybridized carbons (Fsp3) is 0.294. The third kappa shape index (κ3) is 5.46. The van der Waals surface area contributed by atoms with Crippen LogP contribution in [0.2, 0.25) is 0 Å². The highest BCUT2D eigenvalue weighted by Gasteiger charge is 2.12. The molecule has 2 rings (SSSR count). The molecule has 0 heterocycles. The van der Waals surface area contributed by atoms with Gasteiger partial charge in [-0.25, -0.2) is 4.39 Å². The van der Waals surface area contributed by atoms with E-state index in [-0.39, 0.29) is 11.4 Å². The van der Waals surface area contributed by atoms with E-state index < -0.39 is 0 Å². The molecule has 21 heavy (non-hydrogen) atoms. The van der Waals surface area contributed by atoms with Crippen LogP contribution >= 0.6 is 27.7 Å². The van der Waals surface area contributed by atoms with E-state index in [2.05, 4.69) is 54.2 Å². The van der Waals surface area contributed by atoms with Gasteiger partial charge >= 0.3 is 0 Å². The average molecular weight is 368 g/mol. The number of benzene rings is 2. The molecule has 0 spiro atoms. The fourth-order valence-corrected chi connectivity index (χ4v) is 2.96. The molecule has 1 N–H and O–H groups in total. The van der Waals surface area contributed by atoms with Crippen molar-refractivity contribution in [2.45, 2.75) is 42.6 Å². The normalized spacial score (nSPS) is 11.7. The number of hydrogen-bond acceptors (Lipinski definition) is 2. The van der Waals surface area contributed by atoms with Crippen LogP contribution in [0.1, 0.15) is 26.3 Å². The van der Waals surface area contributed by atoms with Crippen LogP contribution in [0.5, 0.6) is 0 Å². The number of rotatable bonds is 4. The molecule has 2 aromatic rings. The summed E-state index contributed by atoms with van der Waals surface area (Å²) in [4.78, 5) is 2.22. The van der Waals surface area contributed by atoms with Crippen LogP contribution in [-0.4, -0.2) is 5.54 Å². The molecule has 0 bridgehead atoms. The van der Waals surface area contributed by atoms with Crippen LogP contribution in [0.3, 0.4) is 0 Å². The lowest BCUT2D eigenvalue weighted by molar-refractivity contribution is 0.422. The second-order valence-corrected chi connectivity index (χ2v) is 7.94. The minimum Gasteiger partial charge on any atom is -0.308 e. The van der Waals surface area contributed by atoms with Crippen molar-refractivity contribution in [2.24, 2.45) is 0 Å². The van der Waals surface area contributed by atoms with Gasteiger partial charge in [0.05, 0.1) is 0 Å². The Morgan fingerprint density at radius 2 is 1.76 bits per heavy atom. The van der Waals surface area contributed by atoms with Gasteiger partial charge in [0.25, 0.3) is 0 Å². The molecular weight excluding hydrogens is 349 g/mol. The van der Waals surface area contributed by atoms with Crippen LogP contribution in [-0.2, 0) is 6.54 Å². The van der Waals surface area contributed by atoms with Crippen LogP contribution in [0.15, 0.2) is 56.7 Å². The van der Waals surface area contributed by atoms with Crippen molar-refractivity contribution < 1.29 is 4.39 Å². The van der Waals surface area contributed by atoms with E-state index >= 15 is 0 Å². The Labute approximate surface area is 138 Å². The second kappa shape index (κ2) is 6.95. The van der Waals surface area contributed by atoms with Crippen molar-refractivity contribution >= 4 is 27.7 Å². The van der Waals surface area contributed by atoms with Crippen molar-refractivity contribution in [1.29, 1.82) is 0 Å². The highest BCUT2D eigenvalue weighted by Crippen LogP contribution is 2.32. The second-order valence-electron chi connectivity index (χ2n) is 5.91. The minimum atomic E-state index is -0.194. The summed E-state index contributed by atoms with van der Waals surface area (Å²) in [5.74, 6) is -0.194. The first kappa shape index (κ1) is 16.5. The van der Waals surface area contributed by atoms with E-state index in [9.17, 15) is 4.39 Å². The van der Waals surface area contributed by atoms with Crippen molar-refractivity contribution in [3.63, 3.8) is 0 Å². The molecule has 0 radical (unpaired) electrons. The molecule has 4 heteroatoms. The third-order valence-corrected chi connectivity index (χ3v) is 4.53. The quantitative estimate of drug-likeness (QED) is 0.751. The molecule has 2 aromatic carbocycles. The highest BCUT2D eigenvalue weighted by molar-refractivity contribution is 9.10. The predicted molar refractivity (Wildman–Crippen MR) is 91.3 cm³/mol. The van der Waals surface area contributed by atoms with Gasteiger partial charge in [0.2, 0.25) is 0 Å². The molecule has 0 fully saturated rings. The van der Waals surface area contributed by atoms with Crippen LogP contribution < -0.4 is 5.32 Å². The lowest BCUT2D eigenvalue weighted by Gasteiger charge is -2.21. The molecule has 0 saturated carbocycles. The number of hydrogen-bond donors (Lipinski definition) is 1. The SMILES string of the molecule is CC(C)(C)NCc1cc(F)ccc1Sc1ccc(Br)cc1. The van der Waals surface area contributed by atoms with E-state index in [4.69, 9.17) is 0 Å². The van der Waals surface area contributed by atoms with Crippen LogP contribution in [0.25, 0.3) is 0 Å². The Bertz CT molecular complexity index is 605. The van der Waals surface area contributed by atoms with Gasteiger partial charge in [0.15, 0.2) is 0 Å². The summed E-state index contributed by atoms with van der Waals surface area (Å²) in [5, 5.41) is 3.41. The fourth-order valence-electron chi connectivity index (χ4n) is 1.78. The number of nitrogens with one attached hydrogen (secondary N) is 1. The lowest BCUT2D eigenvalue weighted by Crippen LogP contribution is -2.35. The lowest BCUT2D eigenvalue weighted by atomic mass is 10.1. The van der Waals surface area contributed by atoms with Crippen LogP contribution in [0.4, 0.5) is 4.39 Å². The van der Waals surface area contributed by atoms with Gasteiger partial charge in [-0.3, -0.25) is 0 Å². The Morgan fingerprint density at radius 3 is 2.38 bits per heavy atom. The van der Waals surface area contributed by atoms with Gasteiger partial charge in [0, 0.05) is 26.3 Å². The van der Waals surface area contributed by atoms with E-state index in [1.165, 1.54) is 6.07 Å². The van der Waals surface area contributed by atoms with Gasteiger partial charge in [-0.05, 0) is 68.8 Å². The topological polar surface area (TPSA) is 12.0 Å². The summed E-state index contributed by atoms with van der Waals surface area (Å²) < 4.78 is 14.6. The molecule has 0 aliphatic carbocycles. The van der Waals surface area contributed by atoms with Crippen molar-refractivity contribution in [2.75, 3.05) is 0 Å². The molecule has 0 aromatic heterocycles. The average Bonchev–Trinajstić information content (AvgIpc) is 2.40. The Hall–Kier alpha value is -0.840. The molecule has 0 aliphatic rings. The summed E-state index contributed by atoms with van der Waals surface area (Å²) in [6, 6.07) is 13.1. The summed E-state index contributed by atoms with van der Waals surface area (Å²) in [5.41, 5.74) is 0.990. The standard InChI is InChI=1S/C17H19BrFNS/c1-17(2,3)20-11-12-10-14(19)6-9-16(12)21-15-7-4-13(18)5-8-15/h4-10,20H,11H2,1-3H3. The monoisotopic (exact) mass is 367 g/mol. The van der Waals surface area contributed by atoms with Crippen molar-refractivity contribution in [3.05, 3.63) is 58.3 Å². The van der Waals surface area contributed by atoms with E-state index in [1.54, 1.807) is 17.8 Å². The van der Waals surface area contributed by atoms with Gasteiger partial charge in [-0.1, -0.05) is 27.7 Å². The van der Waals surface area contributed by atoms with Crippen molar-refractivity contribution in [3.8, 4) is 0 Å². The summed E-state index contributed by atoms with van der Waals surface area (Å²) in [6.07, 6.45) is 0. The molecule has 112 valence electrons. The molecule has 1 nitrogen and oxygen atoms in total. The largest absolute Gasteiger partial charge is 0.308 e. The molecule has 0 atom stereocenters. The first-order valence-electron chi connectivity index (χ1n) is 6.80. The molecule has 0 amide bonds. The van der Waals surface area contributed by atoms with E-state index in [0.29, 0.717) is 6.54 Å². The van der Waals surface area contributed by atoms with Crippen molar-refractivity contribution in [1.82, 2.24) is 5.32 Å². The highest BCUT2D eigenvalue weighted by atomic mass is 79.9. The predicted octanol–water partition coefficient (Wildman–Crippen LogP) is 5.63. The first-order chi connectivity index (χ1) is 9.83. The third-order valence-electron chi connectivity index (χ3n) is 2.87. The molecular formula is C17H19BrFNS. The summed E-state index contributed by atoms with van der Waals surface area (Å²) in [7, 11) is 0. The van der Waals surface area contributed by atoms with Gasteiger partial charge in [-0.2, -0.15) is 0 Å².